The SMILES string of the molecule is Cc1ccc(C(C)Nc2cccc(Br)c2C(=O)O)o1. The van der Waals surface area contributed by atoms with Gasteiger partial charge in [-0.05, 0) is 54.0 Å². The highest BCUT2D eigenvalue weighted by Crippen LogP contribution is 2.28. The maximum atomic E-state index is 11.3. The lowest BCUT2D eigenvalue weighted by atomic mass is 10.1. The summed E-state index contributed by atoms with van der Waals surface area (Å²) >= 11 is 3.25. The first-order valence-corrected chi connectivity index (χ1v) is 6.63. The molecule has 1 unspecified atom stereocenters. The zero-order valence-electron chi connectivity index (χ0n) is 10.6. The minimum Gasteiger partial charge on any atom is -0.478 e. The maximum absolute atomic E-state index is 11.3. The maximum Gasteiger partial charge on any atom is 0.338 e. The number of carboxylic acid groups (broad SMARTS) is 1. The zero-order valence-corrected chi connectivity index (χ0v) is 12.2. The van der Waals surface area contributed by atoms with Gasteiger partial charge in [-0.15, -0.1) is 0 Å². The van der Waals surface area contributed by atoms with E-state index in [-0.39, 0.29) is 11.6 Å². The van der Waals surface area contributed by atoms with Gasteiger partial charge in [0.05, 0.1) is 17.3 Å². The van der Waals surface area contributed by atoms with Crippen LogP contribution in [0, 0.1) is 6.92 Å². The van der Waals surface area contributed by atoms with E-state index in [4.69, 9.17) is 4.42 Å². The number of anilines is 1. The molecule has 0 fully saturated rings. The number of rotatable bonds is 4. The predicted molar refractivity (Wildman–Crippen MR) is 76.6 cm³/mol. The molecule has 0 radical (unpaired) electrons. The third kappa shape index (κ3) is 2.98. The van der Waals surface area contributed by atoms with Crippen LogP contribution in [0.15, 0.2) is 39.2 Å². The lowest BCUT2D eigenvalue weighted by molar-refractivity contribution is 0.0697. The first-order chi connectivity index (χ1) is 8.99. The molecule has 0 aliphatic carbocycles. The van der Waals surface area contributed by atoms with E-state index in [1.165, 1.54) is 0 Å². The van der Waals surface area contributed by atoms with Crippen LogP contribution in [0.4, 0.5) is 5.69 Å². The summed E-state index contributed by atoms with van der Waals surface area (Å²) in [5, 5.41) is 12.4. The van der Waals surface area contributed by atoms with Crippen LogP contribution in [0.25, 0.3) is 0 Å². The van der Waals surface area contributed by atoms with Gasteiger partial charge in [-0.2, -0.15) is 0 Å². The number of halogens is 1. The van der Waals surface area contributed by atoms with Crippen molar-refractivity contribution in [2.75, 3.05) is 5.32 Å². The molecule has 0 aliphatic heterocycles. The first-order valence-electron chi connectivity index (χ1n) is 5.83. The average molecular weight is 324 g/mol. The molecule has 19 heavy (non-hydrogen) atoms. The van der Waals surface area contributed by atoms with Crippen LogP contribution in [0.1, 0.15) is 34.8 Å². The Balaban J connectivity index is 2.28. The number of hydrogen-bond acceptors (Lipinski definition) is 3. The van der Waals surface area contributed by atoms with E-state index in [9.17, 15) is 9.90 Å². The summed E-state index contributed by atoms with van der Waals surface area (Å²) in [6, 6.07) is 8.88. The summed E-state index contributed by atoms with van der Waals surface area (Å²) in [7, 11) is 0. The number of hydrogen-bond donors (Lipinski definition) is 2. The van der Waals surface area contributed by atoms with Gasteiger partial charge in [-0.3, -0.25) is 0 Å². The van der Waals surface area contributed by atoms with Crippen LogP contribution in [0.3, 0.4) is 0 Å². The van der Waals surface area contributed by atoms with Gasteiger partial charge in [0.25, 0.3) is 0 Å². The van der Waals surface area contributed by atoms with Crippen molar-refractivity contribution < 1.29 is 14.3 Å². The van der Waals surface area contributed by atoms with Crippen molar-refractivity contribution in [2.45, 2.75) is 19.9 Å². The van der Waals surface area contributed by atoms with Crippen molar-refractivity contribution in [3.8, 4) is 0 Å². The van der Waals surface area contributed by atoms with Crippen molar-refractivity contribution >= 4 is 27.6 Å². The predicted octanol–water partition coefficient (Wildman–Crippen LogP) is 4.22. The second-order valence-electron chi connectivity index (χ2n) is 4.28. The second-order valence-corrected chi connectivity index (χ2v) is 5.14. The van der Waals surface area contributed by atoms with Gasteiger partial charge in [-0.1, -0.05) is 6.07 Å². The Morgan fingerprint density at radius 1 is 1.37 bits per heavy atom. The number of aryl methyl sites for hydroxylation is 1. The standard InChI is InChI=1S/C14H14BrNO3/c1-8-6-7-12(19-8)9(2)16-11-5-3-4-10(15)13(11)14(17)18/h3-7,9,16H,1-2H3,(H,17,18). The highest BCUT2D eigenvalue weighted by molar-refractivity contribution is 9.10. The van der Waals surface area contributed by atoms with Crippen molar-refractivity contribution in [2.24, 2.45) is 0 Å². The minimum atomic E-state index is -0.974. The lowest BCUT2D eigenvalue weighted by Crippen LogP contribution is -2.10. The normalized spacial score (nSPS) is 12.2. The lowest BCUT2D eigenvalue weighted by Gasteiger charge is -2.15. The summed E-state index contributed by atoms with van der Waals surface area (Å²) < 4.78 is 6.08. The fourth-order valence-electron chi connectivity index (χ4n) is 1.85. The van der Waals surface area contributed by atoms with Gasteiger partial charge in [0.15, 0.2) is 0 Å². The van der Waals surface area contributed by atoms with E-state index in [0.29, 0.717) is 10.2 Å². The number of carboxylic acids is 1. The third-order valence-electron chi connectivity index (χ3n) is 2.79. The quantitative estimate of drug-likeness (QED) is 0.884. The average Bonchev–Trinajstić information content (AvgIpc) is 2.75. The molecule has 0 saturated carbocycles. The Morgan fingerprint density at radius 2 is 2.11 bits per heavy atom. The molecule has 0 saturated heterocycles. The topological polar surface area (TPSA) is 62.5 Å². The Labute approximate surface area is 119 Å². The molecule has 0 amide bonds. The van der Waals surface area contributed by atoms with Crippen LogP contribution in [-0.2, 0) is 0 Å². The van der Waals surface area contributed by atoms with Crippen LogP contribution in [0.2, 0.25) is 0 Å². The third-order valence-corrected chi connectivity index (χ3v) is 3.45. The Hall–Kier alpha value is -1.75. The van der Waals surface area contributed by atoms with E-state index < -0.39 is 5.97 Å². The van der Waals surface area contributed by atoms with Gasteiger partial charge in [0, 0.05) is 4.47 Å². The molecular weight excluding hydrogens is 310 g/mol. The number of furan rings is 1. The number of benzene rings is 1. The smallest absolute Gasteiger partial charge is 0.338 e. The molecule has 5 heteroatoms. The Bertz CT molecular complexity index is 606. The van der Waals surface area contributed by atoms with Crippen LogP contribution >= 0.6 is 15.9 Å². The van der Waals surface area contributed by atoms with Crippen molar-refractivity contribution in [3.05, 3.63) is 51.9 Å². The van der Waals surface area contributed by atoms with E-state index in [1.807, 2.05) is 26.0 Å². The molecule has 4 nitrogen and oxygen atoms in total. The molecular formula is C14H14BrNO3. The highest BCUT2D eigenvalue weighted by atomic mass is 79.9. The molecule has 1 aromatic heterocycles. The van der Waals surface area contributed by atoms with Crippen LogP contribution in [0.5, 0.6) is 0 Å². The first kappa shape index (κ1) is 13.7. The van der Waals surface area contributed by atoms with Crippen molar-refractivity contribution in [3.63, 3.8) is 0 Å². The largest absolute Gasteiger partial charge is 0.478 e. The van der Waals surface area contributed by atoms with Gasteiger partial charge >= 0.3 is 5.97 Å². The van der Waals surface area contributed by atoms with E-state index >= 15 is 0 Å². The molecule has 0 spiro atoms. The molecule has 2 aromatic rings. The fourth-order valence-corrected chi connectivity index (χ4v) is 2.39. The minimum absolute atomic E-state index is 0.110. The van der Waals surface area contributed by atoms with E-state index in [0.717, 1.165) is 11.5 Å². The second kappa shape index (κ2) is 5.48. The van der Waals surface area contributed by atoms with Crippen LogP contribution < -0.4 is 5.32 Å². The molecule has 1 heterocycles. The van der Waals surface area contributed by atoms with Gasteiger partial charge < -0.3 is 14.8 Å². The summed E-state index contributed by atoms with van der Waals surface area (Å²) in [6.45, 7) is 3.79. The van der Waals surface area contributed by atoms with Crippen LogP contribution in [-0.4, -0.2) is 11.1 Å². The fraction of sp³-hybridized carbons (Fsp3) is 0.214. The van der Waals surface area contributed by atoms with E-state index in [1.54, 1.807) is 18.2 Å². The Morgan fingerprint density at radius 3 is 2.68 bits per heavy atom. The van der Waals surface area contributed by atoms with Crippen molar-refractivity contribution in [1.82, 2.24) is 0 Å². The molecule has 2 rings (SSSR count). The summed E-state index contributed by atoms with van der Waals surface area (Å²) in [5.74, 6) is 0.628. The summed E-state index contributed by atoms with van der Waals surface area (Å²) in [6.07, 6.45) is 0. The molecule has 100 valence electrons. The monoisotopic (exact) mass is 323 g/mol. The zero-order chi connectivity index (χ0) is 14.0. The molecule has 1 aromatic carbocycles. The van der Waals surface area contributed by atoms with Crippen molar-refractivity contribution in [1.29, 1.82) is 0 Å². The van der Waals surface area contributed by atoms with E-state index in [2.05, 4.69) is 21.2 Å². The summed E-state index contributed by atoms with van der Waals surface area (Å²) in [5.41, 5.74) is 0.779. The number of aromatic carboxylic acids is 1. The molecule has 0 bridgehead atoms. The molecule has 1 atom stereocenters. The van der Waals surface area contributed by atoms with Gasteiger partial charge in [0.1, 0.15) is 11.5 Å². The van der Waals surface area contributed by atoms with Gasteiger partial charge in [0.2, 0.25) is 0 Å². The highest BCUT2D eigenvalue weighted by Gasteiger charge is 2.17. The molecule has 2 N–H and O–H groups in total. The number of nitrogens with one attached hydrogen (secondary N) is 1. The number of carbonyl (C=O) groups is 1. The Kier molecular flexibility index (Phi) is 3.95. The molecule has 0 aliphatic rings. The summed E-state index contributed by atoms with van der Waals surface area (Å²) in [4.78, 5) is 11.3. The van der Waals surface area contributed by atoms with Gasteiger partial charge in [-0.25, -0.2) is 4.79 Å².